The van der Waals surface area contributed by atoms with Gasteiger partial charge in [0.05, 0.1) is 37.5 Å². The molecule has 0 saturated carbocycles. The maximum atomic E-state index is 13.0. The Morgan fingerprint density at radius 2 is 1.75 bits per heavy atom. The van der Waals surface area contributed by atoms with Gasteiger partial charge in [0.15, 0.2) is 0 Å². The standard InChI is InChI=1S/C25H24N2O4S/c1-30-21-11-9-18(10-12-21)23-14-22(20-8-7-17-5-3-4-6-19(17)13-20)26-27(23)24(28)15-32-16-25(29)31-2/h3-13,23H,14-16H2,1-2H3/t23-/m0/s1. The number of methoxy groups -OCH3 is 2. The van der Waals surface area contributed by atoms with Gasteiger partial charge in [0.1, 0.15) is 5.75 Å². The molecule has 164 valence electrons. The van der Waals surface area contributed by atoms with E-state index in [-0.39, 0.29) is 29.4 Å². The quantitative estimate of drug-likeness (QED) is 0.500. The van der Waals surface area contributed by atoms with Crippen LogP contribution in [0.25, 0.3) is 10.8 Å². The number of carbonyl (C=O) groups is 2. The van der Waals surface area contributed by atoms with E-state index in [1.807, 2.05) is 42.5 Å². The smallest absolute Gasteiger partial charge is 0.315 e. The van der Waals surface area contributed by atoms with Crippen molar-refractivity contribution in [3.05, 3.63) is 77.9 Å². The minimum atomic E-state index is -0.351. The van der Waals surface area contributed by atoms with Crippen molar-refractivity contribution in [2.45, 2.75) is 12.5 Å². The van der Waals surface area contributed by atoms with Gasteiger partial charge in [-0.15, -0.1) is 11.8 Å². The number of esters is 1. The van der Waals surface area contributed by atoms with E-state index < -0.39 is 0 Å². The molecule has 32 heavy (non-hydrogen) atoms. The zero-order valence-electron chi connectivity index (χ0n) is 18.0. The summed E-state index contributed by atoms with van der Waals surface area (Å²) < 4.78 is 9.92. The Morgan fingerprint density at radius 1 is 1.00 bits per heavy atom. The van der Waals surface area contributed by atoms with Crippen LogP contribution in [0.1, 0.15) is 23.6 Å². The first kappa shape index (κ1) is 21.9. The fourth-order valence-electron chi connectivity index (χ4n) is 3.72. The van der Waals surface area contributed by atoms with Gasteiger partial charge in [0.2, 0.25) is 0 Å². The van der Waals surface area contributed by atoms with Gasteiger partial charge in [0.25, 0.3) is 5.91 Å². The summed E-state index contributed by atoms with van der Waals surface area (Å²) in [7, 11) is 2.96. The highest BCUT2D eigenvalue weighted by Gasteiger charge is 2.33. The van der Waals surface area contributed by atoms with Crippen LogP contribution < -0.4 is 4.74 Å². The molecule has 1 aliphatic rings. The number of hydrazone groups is 1. The lowest BCUT2D eigenvalue weighted by Crippen LogP contribution is -2.29. The first-order valence-electron chi connectivity index (χ1n) is 10.3. The molecule has 0 aliphatic carbocycles. The third-order valence-electron chi connectivity index (χ3n) is 5.42. The summed E-state index contributed by atoms with van der Waals surface area (Å²) in [6.45, 7) is 0. The van der Waals surface area contributed by atoms with Crippen LogP contribution in [0, 0.1) is 0 Å². The number of carbonyl (C=O) groups excluding carboxylic acids is 2. The summed E-state index contributed by atoms with van der Waals surface area (Å²) in [5.41, 5.74) is 2.85. The lowest BCUT2D eigenvalue weighted by atomic mass is 9.97. The van der Waals surface area contributed by atoms with E-state index in [9.17, 15) is 9.59 Å². The van der Waals surface area contributed by atoms with Crippen LogP contribution in [0.2, 0.25) is 0 Å². The van der Waals surface area contributed by atoms with E-state index in [1.165, 1.54) is 18.9 Å². The second-order valence-corrected chi connectivity index (χ2v) is 8.39. The summed E-state index contributed by atoms with van der Waals surface area (Å²) in [5.74, 6) is 0.543. The molecule has 0 bridgehead atoms. The van der Waals surface area contributed by atoms with E-state index in [0.29, 0.717) is 6.42 Å². The lowest BCUT2D eigenvalue weighted by Gasteiger charge is -2.22. The molecule has 4 rings (SSSR count). The third-order valence-corrected chi connectivity index (χ3v) is 6.31. The highest BCUT2D eigenvalue weighted by Crippen LogP contribution is 2.34. The molecule has 1 atom stereocenters. The molecule has 6 nitrogen and oxygen atoms in total. The summed E-state index contributed by atoms with van der Waals surface area (Å²) in [5, 5.41) is 8.57. The van der Waals surface area contributed by atoms with Crippen LogP contribution in [-0.4, -0.2) is 48.3 Å². The van der Waals surface area contributed by atoms with Crippen LogP contribution in [-0.2, 0) is 14.3 Å². The topological polar surface area (TPSA) is 68.2 Å². The molecule has 1 amide bonds. The Morgan fingerprint density at radius 3 is 2.47 bits per heavy atom. The number of amides is 1. The van der Waals surface area contributed by atoms with E-state index >= 15 is 0 Å². The maximum absolute atomic E-state index is 13.0. The van der Waals surface area contributed by atoms with Crippen LogP contribution >= 0.6 is 11.8 Å². The second-order valence-electron chi connectivity index (χ2n) is 7.41. The number of ether oxygens (including phenoxy) is 2. The molecule has 0 radical (unpaired) electrons. The van der Waals surface area contributed by atoms with Gasteiger partial charge < -0.3 is 9.47 Å². The highest BCUT2D eigenvalue weighted by molar-refractivity contribution is 8.00. The van der Waals surface area contributed by atoms with E-state index in [1.54, 1.807) is 12.1 Å². The monoisotopic (exact) mass is 448 g/mol. The molecule has 0 spiro atoms. The van der Waals surface area contributed by atoms with Crippen molar-refractivity contribution in [2.75, 3.05) is 25.7 Å². The SMILES string of the molecule is COC(=O)CSCC(=O)N1N=C(c2ccc3ccccc3c2)C[C@H]1c1ccc(OC)cc1. The maximum Gasteiger partial charge on any atom is 0.315 e. The lowest BCUT2D eigenvalue weighted by molar-refractivity contribution is -0.137. The number of benzene rings is 3. The Bertz CT molecular complexity index is 1160. The van der Waals surface area contributed by atoms with E-state index in [4.69, 9.17) is 9.84 Å². The van der Waals surface area contributed by atoms with E-state index in [0.717, 1.165) is 33.4 Å². The average Bonchev–Trinajstić information content (AvgIpc) is 3.29. The molecule has 0 fully saturated rings. The molecule has 0 aromatic heterocycles. The van der Waals surface area contributed by atoms with Crippen LogP contribution in [0.5, 0.6) is 5.75 Å². The molecule has 1 aliphatic heterocycles. The normalized spacial score (nSPS) is 15.5. The number of fused-ring (bicyclic) bond motifs is 1. The zero-order chi connectivity index (χ0) is 22.5. The number of rotatable bonds is 7. The van der Waals surface area contributed by atoms with Gasteiger partial charge >= 0.3 is 5.97 Å². The van der Waals surface area contributed by atoms with Gasteiger partial charge in [0, 0.05) is 6.42 Å². The summed E-state index contributed by atoms with van der Waals surface area (Å²) >= 11 is 1.23. The van der Waals surface area contributed by atoms with Crippen LogP contribution in [0.3, 0.4) is 0 Å². The minimum Gasteiger partial charge on any atom is -0.497 e. The van der Waals surface area contributed by atoms with Crippen molar-refractivity contribution in [1.82, 2.24) is 5.01 Å². The minimum absolute atomic E-state index is 0.129. The first-order valence-corrected chi connectivity index (χ1v) is 11.4. The van der Waals surface area contributed by atoms with Crippen molar-refractivity contribution >= 4 is 40.1 Å². The highest BCUT2D eigenvalue weighted by atomic mass is 32.2. The molecule has 1 heterocycles. The van der Waals surface area contributed by atoms with Crippen molar-refractivity contribution in [1.29, 1.82) is 0 Å². The molecular weight excluding hydrogens is 424 g/mol. The van der Waals surface area contributed by atoms with Gasteiger partial charge in [-0.25, -0.2) is 5.01 Å². The fraction of sp³-hybridized carbons (Fsp3) is 0.240. The van der Waals surface area contributed by atoms with Crippen molar-refractivity contribution in [3.63, 3.8) is 0 Å². The summed E-state index contributed by atoms with van der Waals surface area (Å²) in [6.07, 6.45) is 0.609. The summed E-state index contributed by atoms with van der Waals surface area (Å²) in [6, 6.07) is 21.9. The molecule has 3 aromatic rings. The molecule has 0 N–H and O–H groups in total. The summed E-state index contributed by atoms with van der Waals surface area (Å²) in [4.78, 5) is 24.4. The van der Waals surface area contributed by atoms with Crippen LogP contribution in [0.4, 0.5) is 0 Å². The predicted molar refractivity (Wildman–Crippen MR) is 127 cm³/mol. The fourth-order valence-corrected chi connectivity index (χ4v) is 4.41. The number of hydrogen-bond donors (Lipinski definition) is 0. The third kappa shape index (κ3) is 4.78. The number of thioether (sulfide) groups is 1. The van der Waals surface area contributed by atoms with Crippen molar-refractivity contribution < 1.29 is 19.1 Å². The molecule has 3 aromatic carbocycles. The van der Waals surface area contributed by atoms with Gasteiger partial charge in [-0.05, 0) is 40.1 Å². The zero-order valence-corrected chi connectivity index (χ0v) is 18.8. The number of nitrogens with zero attached hydrogens (tertiary/aromatic N) is 2. The molecular formula is C25H24N2O4S. The Hall–Kier alpha value is -3.32. The van der Waals surface area contributed by atoms with Crippen LogP contribution in [0.15, 0.2) is 71.8 Å². The van der Waals surface area contributed by atoms with Crippen molar-refractivity contribution in [3.8, 4) is 5.75 Å². The Kier molecular flexibility index (Phi) is 6.75. The van der Waals surface area contributed by atoms with Gasteiger partial charge in [-0.2, -0.15) is 5.10 Å². The van der Waals surface area contributed by atoms with Gasteiger partial charge in [-0.1, -0.05) is 48.5 Å². The first-order chi connectivity index (χ1) is 15.6. The Balaban J connectivity index is 1.61. The molecule has 0 saturated heterocycles. The average molecular weight is 449 g/mol. The predicted octanol–water partition coefficient (Wildman–Crippen LogP) is 4.43. The molecule has 7 heteroatoms. The largest absolute Gasteiger partial charge is 0.497 e. The Labute approximate surface area is 191 Å². The molecule has 0 unspecified atom stereocenters. The number of hydrogen-bond acceptors (Lipinski definition) is 6. The van der Waals surface area contributed by atoms with Crippen molar-refractivity contribution in [2.24, 2.45) is 5.10 Å². The van der Waals surface area contributed by atoms with Gasteiger partial charge in [-0.3, -0.25) is 9.59 Å². The van der Waals surface area contributed by atoms with E-state index in [2.05, 4.69) is 29.0 Å². The second kappa shape index (κ2) is 9.87.